The fourth-order valence-corrected chi connectivity index (χ4v) is 1.78. The molecule has 1 rings (SSSR count). The Hall–Kier alpha value is -1.69. The third-order valence-corrected chi connectivity index (χ3v) is 3.01. The SMILES string of the molecule is CCN(Cc1ccc(F)cc1F)CC(C)C(N)=NO. The lowest BCUT2D eigenvalue weighted by molar-refractivity contribution is 0.254. The Morgan fingerprint density at radius 1 is 1.47 bits per heavy atom. The molecule has 0 aromatic heterocycles. The van der Waals surface area contributed by atoms with Crippen molar-refractivity contribution in [3.05, 3.63) is 35.4 Å². The monoisotopic (exact) mass is 271 g/mol. The molecule has 0 aliphatic carbocycles. The van der Waals surface area contributed by atoms with Gasteiger partial charge in [-0.25, -0.2) is 8.78 Å². The van der Waals surface area contributed by atoms with Crippen molar-refractivity contribution in [2.75, 3.05) is 13.1 Å². The van der Waals surface area contributed by atoms with Crippen LogP contribution < -0.4 is 5.73 Å². The molecule has 106 valence electrons. The number of nitrogens with two attached hydrogens (primary N) is 1. The Labute approximate surface area is 111 Å². The first-order valence-corrected chi connectivity index (χ1v) is 6.11. The molecular formula is C13H19F2N3O. The molecule has 0 saturated heterocycles. The molecule has 1 aromatic rings. The first-order valence-electron chi connectivity index (χ1n) is 6.11. The molecule has 0 heterocycles. The van der Waals surface area contributed by atoms with Crippen LogP contribution in [0.4, 0.5) is 8.78 Å². The minimum absolute atomic E-state index is 0.137. The zero-order valence-electron chi connectivity index (χ0n) is 11.1. The van der Waals surface area contributed by atoms with Crippen LogP contribution in [0.3, 0.4) is 0 Å². The summed E-state index contributed by atoms with van der Waals surface area (Å²) in [6, 6.07) is 3.54. The number of hydrogen-bond acceptors (Lipinski definition) is 3. The van der Waals surface area contributed by atoms with Gasteiger partial charge in [0.1, 0.15) is 17.5 Å². The highest BCUT2D eigenvalue weighted by molar-refractivity contribution is 5.82. The second-order valence-electron chi connectivity index (χ2n) is 4.49. The zero-order valence-corrected chi connectivity index (χ0v) is 11.1. The lowest BCUT2D eigenvalue weighted by atomic mass is 10.1. The summed E-state index contributed by atoms with van der Waals surface area (Å²) in [6.07, 6.45) is 0. The molecule has 0 spiro atoms. The minimum Gasteiger partial charge on any atom is -0.409 e. The van der Waals surface area contributed by atoms with E-state index < -0.39 is 11.6 Å². The second kappa shape index (κ2) is 7.04. The van der Waals surface area contributed by atoms with Crippen LogP contribution in [0.25, 0.3) is 0 Å². The molecule has 0 aliphatic heterocycles. The van der Waals surface area contributed by atoms with E-state index >= 15 is 0 Å². The van der Waals surface area contributed by atoms with E-state index in [4.69, 9.17) is 10.9 Å². The van der Waals surface area contributed by atoms with Gasteiger partial charge in [-0.1, -0.05) is 25.1 Å². The maximum Gasteiger partial charge on any atom is 0.143 e. The smallest absolute Gasteiger partial charge is 0.143 e. The van der Waals surface area contributed by atoms with Crippen molar-refractivity contribution >= 4 is 5.84 Å². The van der Waals surface area contributed by atoms with Gasteiger partial charge < -0.3 is 10.9 Å². The highest BCUT2D eigenvalue weighted by Crippen LogP contribution is 2.13. The first kappa shape index (κ1) is 15.4. The summed E-state index contributed by atoms with van der Waals surface area (Å²) < 4.78 is 26.4. The molecule has 1 aromatic carbocycles. The third-order valence-electron chi connectivity index (χ3n) is 3.01. The summed E-state index contributed by atoms with van der Waals surface area (Å²) in [7, 11) is 0. The van der Waals surface area contributed by atoms with Gasteiger partial charge >= 0.3 is 0 Å². The largest absolute Gasteiger partial charge is 0.409 e. The molecule has 0 bridgehead atoms. The molecule has 6 heteroatoms. The maximum absolute atomic E-state index is 13.6. The van der Waals surface area contributed by atoms with E-state index in [9.17, 15) is 8.78 Å². The Balaban J connectivity index is 2.71. The van der Waals surface area contributed by atoms with Crippen molar-refractivity contribution in [3.63, 3.8) is 0 Å². The average molecular weight is 271 g/mol. The molecule has 0 saturated carbocycles. The Kier molecular flexibility index (Phi) is 5.69. The molecule has 19 heavy (non-hydrogen) atoms. The van der Waals surface area contributed by atoms with Crippen LogP contribution in [0.1, 0.15) is 19.4 Å². The van der Waals surface area contributed by atoms with Crippen LogP contribution in [0.2, 0.25) is 0 Å². The first-order chi connectivity index (χ1) is 8.97. The van der Waals surface area contributed by atoms with Gasteiger partial charge in [-0.2, -0.15) is 0 Å². The Bertz CT molecular complexity index is 452. The van der Waals surface area contributed by atoms with Gasteiger partial charge in [0.2, 0.25) is 0 Å². The number of benzene rings is 1. The van der Waals surface area contributed by atoms with Gasteiger partial charge in [-0.15, -0.1) is 0 Å². The summed E-state index contributed by atoms with van der Waals surface area (Å²) in [4.78, 5) is 1.94. The molecule has 3 N–H and O–H groups in total. The third kappa shape index (κ3) is 4.48. The summed E-state index contributed by atoms with van der Waals surface area (Å²) in [5, 5.41) is 11.6. The van der Waals surface area contributed by atoms with Crippen LogP contribution >= 0.6 is 0 Å². The molecule has 0 fully saturated rings. The molecule has 1 atom stereocenters. The van der Waals surface area contributed by atoms with Crippen molar-refractivity contribution in [1.82, 2.24) is 4.90 Å². The second-order valence-corrected chi connectivity index (χ2v) is 4.49. The Morgan fingerprint density at radius 3 is 2.68 bits per heavy atom. The standard InChI is InChI=1S/C13H19F2N3O/c1-3-18(7-9(2)13(16)17-19)8-10-4-5-11(14)6-12(10)15/h4-6,9,19H,3,7-8H2,1-2H3,(H2,16,17). The number of halogens is 2. The minimum atomic E-state index is -0.589. The summed E-state index contributed by atoms with van der Waals surface area (Å²) in [5.41, 5.74) is 5.94. The fourth-order valence-electron chi connectivity index (χ4n) is 1.78. The molecular weight excluding hydrogens is 252 g/mol. The van der Waals surface area contributed by atoms with Crippen LogP contribution in [-0.4, -0.2) is 29.0 Å². The lowest BCUT2D eigenvalue weighted by Crippen LogP contribution is -2.34. The number of rotatable bonds is 6. The van der Waals surface area contributed by atoms with Gasteiger partial charge in [0.15, 0.2) is 0 Å². The normalized spacial score (nSPS) is 13.8. The van der Waals surface area contributed by atoms with Gasteiger partial charge in [0.05, 0.1) is 0 Å². The van der Waals surface area contributed by atoms with Crippen molar-refractivity contribution in [2.45, 2.75) is 20.4 Å². The van der Waals surface area contributed by atoms with E-state index in [-0.39, 0.29) is 11.8 Å². The van der Waals surface area contributed by atoms with E-state index in [0.29, 0.717) is 25.2 Å². The number of oxime groups is 1. The summed E-state index contributed by atoms with van der Waals surface area (Å²) >= 11 is 0. The van der Waals surface area contributed by atoms with E-state index in [2.05, 4.69) is 5.16 Å². The molecule has 4 nitrogen and oxygen atoms in total. The molecule has 0 radical (unpaired) electrons. The van der Waals surface area contributed by atoms with E-state index in [1.54, 1.807) is 0 Å². The van der Waals surface area contributed by atoms with Crippen LogP contribution in [0.5, 0.6) is 0 Å². The average Bonchev–Trinajstić information content (AvgIpc) is 2.39. The van der Waals surface area contributed by atoms with E-state index in [1.165, 1.54) is 12.1 Å². The van der Waals surface area contributed by atoms with Crippen molar-refractivity contribution < 1.29 is 14.0 Å². The van der Waals surface area contributed by atoms with Crippen molar-refractivity contribution in [2.24, 2.45) is 16.8 Å². The lowest BCUT2D eigenvalue weighted by Gasteiger charge is -2.23. The molecule has 1 unspecified atom stereocenters. The Morgan fingerprint density at radius 2 is 2.16 bits per heavy atom. The number of hydrogen-bond donors (Lipinski definition) is 2. The van der Waals surface area contributed by atoms with Gasteiger partial charge in [-0.3, -0.25) is 4.90 Å². The van der Waals surface area contributed by atoms with Crippen molar-refractivity contribution in [1.29, 1.82) is 0 Å². The molecule has 0 aliphatic rings. The van der Waals surface area contributed by atoms with Gasteiger partial charge in [0.25, 0.3) is 0 Å². The van der Waals surface area contributed by atoms with Crippen LogP contribution in [0, 0.1) is 17.6 Å². The molecule has 0 amide bonds. The predicted octanol–water partition coefficient (Wildman–Crippen LogP) is 2.17. The van der Waals surface area contributed by atoms with Gasteiger partial charge in [-0.05, 0) is 12.6 Å². The van der Waals surface area contributed by atoms with Crippen molar-refractivity contribution in [3.8, 4) is 0 Å². The quantitative estimate of drug-likeness (QED) is 0.361. The fraction of sp³-hybridized carbons (Fsp3) is 0.462. The topological polar surface area (TPSA) is 61.8 Å². The van der Waals surface area contributed by atoms with Crippen LogP contribution in [-0.2, 0) is 6.54 Å². The highest BCUT2D eigenvalue weighted by Gasteiger charge is 2.14. The van der Waals surface area contributed by atoms with Crippen LogP contribution in [0.15, 0.2) is 23.4 Å². The number of nitrogens with zero attached hydrogens (tertiary/aromatic N) is 2. The summed E-state index contributed by atoms with van der Waals surface area (Å²) in [5.74, 6) is -1.16. The number of amidine groups is 1. The predicted molar refractivity (Wildman–Crippen MR) is 69.9 cm³/mol. The van der Waals surface area contributed by atoms with Gasteiger partial charge in [0, 0.05) is 30.6 Å². The highest BCUT2D eigenvalue weighted by atomic mass is 19.1. The zero-order chi connectivity index (χ0) is 14.4. The maximum atomic E-state index is 13.6. The van der Waals surface area contributed by atoms with E-state index in [0.717, 1.165) is 6.07 Å². The summed E-state index contributed by atoms with van der Waals surface area (Å²) in [6.45, 7) is 5.31. The van der Waals surface area contributed by atoms with E-state index in [1.807, 2.05) is 18.7 Å².